The number of nitrogens with zero attached hydrogens (tertiary/aromatic N) is 1. The van der Waals surface area contributed by atoms with Gasteiger partial charge in [-0.2, -0.15) is 4.31 Å². The van der Waals surface area contributed by atoms with Crippen molar-refractivity contribution in [1.29, 1.82) is 0 Å². The van der Waals surface area contributed by atoms with Crippen LogP contribution in [0.2, 0.25) is 0 Å². The molecule has 0 aliphatic carbocycles. The first-order chi connectivity index (χ1) is 9.50. The zero-order chi connectivity index (χ0) is 14.3. The average Bonchev–Trinajstić information content (AvgIpc) is 2.98. The Hall–Kier alpha value is -0.630. The fourth-order valence-electron chi connectivity index (χ4n) is 2.96. The van der Waals surface area contributed by atoms with E-state index in [0.29, 0.717) is 35.1 Å². The van der Waals surface area contributed by atoms with Crippen molar-refractivity contribution in [2.75, 3.05) is 33.3 Å². The van der Waals surface area contributed by atoms with Gasteiger partial charge in [-0.25, -0.2) is 8.42 Å². The van der Waals surface area contributed by atoms with Gasteiger partial charge in [0.05, 0.1) is 12.0 Å². The maximum atomic E-state index is 12.7. The molecule has 0 saturated carbocycles. The van der Waals surface area contributed by atoms with Crippen molar-refractivity contribution in [2.24, 2.45) is 11.8 Å². The van der Waals surface area contributed by atoms with Gasteiger partial charge in [0, 0.05) is 23.6 Å². The summed E-state index contributed by atoms with van der Waals surface area (Å²) in [6.07, 6.45) is 0. The molecule has 1 aromatic rings. The van der Waals surface area contributed by atoms with Gasteiger partial charge in [-0.15, -0.1) is 0 Å². The van der Waals surface area contributed by atoms with Crippen LogP contribution in [0.15, 0.2) is 27.6 Å². The number of rotatable bonds is 3. The average molecular weight is 361 g/mol. The Balaban J connectivity index is 1.90. The molecule has 7 heteroatoms. The Morgan fingerprint density at radius 3 is 2.50 bits per heavy atom. The van der Waals surface area contributed by atoms with E-state index in [1.54, 1.807) is 22.5 Å². The first-order valence-electron chi connectivity index (χ1n) is 6.56. The summed E-state index contributed by atoms with van der Waals surface area (Å²) in [6.45, 7) is 3.04. The normalized spacial score (nSPS) is 26.7. The van der Waals surface area contributed by atoms with Crippen molar-refractivity contribution in [3.05, 3.63) is 22.7 Å². The molecule has 2 atom stereocenters. The van der Waals surface area contributed by atoms with E-state index in [9.17, 15) is 8.42 Å². The van der Waals surface area contributed by atoms with E-state index >= 15 is 0 Å². The lowest BCUT2D eigenvalue weighted by molar-refractivity contribution is 0.412. The number of hydrogen-bond donors (Lipinski definition) is 1. The predicted octanol–water partition coefficient (Wildman–Crippen LogP) is 1.30. The van der Waals surface area contributed by atoms with Crippen molar-refractivity contribution in [1.82, 2.24) is 9.62 Å². The van der Waals surface area contributed by atoms with Crippen LogP contribution in [0.25, 0.3) is 0 Å². The van der Waals surface area contributed by atoms with Crippen LogP contribution in [0.3, 0.4) is 0 Å². The highest BCUT2D eigenvalue weighted by Gasteiger charge is 2.41. The van der Waals surface area contributed by atoms with Crippen LogP contribution in [-0.4, -0.2) is 46.0 Å². The third kappa shape index (κ3) is 2.47. The van der Waals surface area contributed by atoms with Crippen molar-refractivity contribution >= 4 is 26.0 Å². The molecule has 1 N–H and O–H groups in total. The van der Waals surface area contributed by atoms with Gasteiger partial charge >= 0.3 is 0 Å². The van der Waals surface area contributed by atoms with Gasteiger partial charge in [-0.05, 0) is 37.1 Å². The molecule has 20 heavy (non-hydrogen) atoms. The van der Waals surface area contributed by atoms with Gasteiger partial charge in [-0.3, -0.25) is 0 Å². The fraction of sp³-hybridized carbons (Fsp3) is 0.538. The quantitative estimate of drug-likeness (QED) is 0.882. The molecule has 2 aliphatic rings. The molecule has 0 spiro atoms. The number of hydrogen-bond acceptors (Lipinski definition) is 4. The van der Waals surface area contributed by atoms with Crippen LogP contribution < -0.4 is 10.1 Å². The lowest BCUT2D eigenvalue weighted by Crippen LogP contribution is -2.32. The third-order valence-corrected chi connectivity index (χ3v) is 6.34. The van der Waals surface area contributed by atoms with E-state index in [-0.39, 0.29) is 4.90 Å². The van der Waals surface area contributed by atoms with Crippen LogP contribution in [-0.2, 0) is 10.0 Å². The van der Waals surface area contributed by atoms with Gasteiger partial charge in [0.1, 0.15) is 5.75 Å². The Morgan fingerprint density at radius 2 is 1.90 bits per heavy atom. The fourth-order valence-corrected chi connectivity index (χ4v) is 5.20. The highest BCUT2D eigenvalue weighted by Crippen LogP contribution is 2.32. The molecule has 5 nitrogen and oxygen atoms in total. The summed E-state index contributed by atoms with van der Waals surface area (Å²) in [5.74, 6) is 1.43. The second kappa shape index (κ2) is 5.29. The van der Waals surface area contributed by atoms with Gasteiger partial charge in [0.25, 0.3) is 0 Å². The molecule has 2 aliphatic heterocycles. The molecule has 1 aromatic carbocycles. The number of nitrogens with one attached hydrogen (secondary N) is 1. The van der Waals surface area contributed by atoms with Crippen LogP contribution in [0.1, 0.15) is 0 Å². The van der Waals surface area contributed by atoms with Gasteiger partial charge in [-0.1, -0.05) is 15.9 Å². The number of ether oxygens (including phenoxy) is 1. The van der Waals surface area contributed by atoms with Crippen LogP contribution in [0.4, 0.5) is 0 Å². The molecule has 2 fully saturated rings. The summed E-state index contributed by atoms with van der Waals surface area (Å²) in [7, 11) is -1.91. The first-order valence-corrected chi connectivity index (χ1v) is 8.79. The molecule has 0 radical (unpaired) electrons. The summed E-state index contributed by atoms with van der Waals surface area (Å²) in [5, 5.41) is 3.31. The molecule has 0 unspecified atom stereocenters. The molecule has 110 valence electrons. The molecular formula is C13H17BrN2O3S. The maximum absolute atomic E-state index is 12.7. The minimum Gasteiger partial charge on any atom is -0.497 e. The van der Waals surface area contributed by atoms with Gasteiger partial charge in [0.15, 0.2) is 0 Å². The number of methoxy groups -OCH3 is 1. The summed E-state index contributed by atoms with van der Waals surface area (Å²) in [5.41, 5.74) is 0. The first kappa shape index (κ1) is 14.3. The summed E-state index contributed by atoms with van der Waals surface area (Å²) >= 11 is 3.33. The van der Waals surface area contributed by atoms with E-state index in [1.807, 2.05) is 0 Å². The molecule has 0 amide bonds. The van der Waals surface area contributed by atoms with E-state index in [1.165, 1.54) is 7.11 Å². The SMILES string of the molecule is COc1cc(Br)cc(S(=O)(=O)N2C[C@H]3CNC[C@H]3C2)c1. The largest absolute Gasteiger partial charge is 0.497 e. The Morgan fingerprint density at radius 1 is 1.25 bits per heavy atom. The van der Waals surface area contributed by atoms with Gasteiger partial charge in [0.2, 0.25) is 10.0 Å². The van der Waals surface area contributed by atoms with Crippen molar-refractivity contribution < 1.29 is 13.2 Å². The summed E-state index contributed by atoms with van der Waals surface area (Å²) < 4.78 is 32.9. The number of benzene rings is 1. The topological polar surface area (TPSA) is 58.6 Å². The molecule has 3 rings (SSSR count). The Kier molecular flexibility index (Phi) is 3.79. The number of fused-ring (bicyclic) bond motifs is 1. The number of sulfonamides is 1. The highest BCUT2D eigenvalue weighted by molar-refractivity contribution is 9.10. The third-order valence-electron chi connectivity index (χ3n) is 4.07. The van der Waals surface area contributed by atoms with Crippen LogP contribution in [0, 0.1) is 11.8 Å². The van der Waals surface area contributed by atoms with E-state index in [4.69, 9.17) is 4.74 Å². The molecule has 2 saturated heterocycles. The standard InChI is InChI=1S/C13H17BrN2O3S/c1-19-12-2-11(14)3-13(4-12)20(17,18)16-7-9-5-15-6-10(9)8-16/h2-4,9-10,15H,5-8H2,1H3/t9-,10+. The monoisotopic (exact) mass is 360 g/mol. The minimum atomic E-state index is -3.44. The molecule has 0 bridgehead atoms. The highest BCUT2D eigenvalue weighted by atomic mass is 79.9. The molecular weight excluding hydrogens is 344 g/mol. The van der Waals surface area contributed by atoms with Crippen LogP contribution >= 0.6 is 15.9 Å². The molecule has 0 aromatic heterocycles. The van der Waals surface area contributed by atoms with Crippen molar-refractivity contribution in [3.8, 4) is 5.75 Å². The van der Waals surface area contributed by atoms with Crippen molar-refractivity contribution in [2.45, 2.75) is 4.90 Å². The van der Waals surface area contributed by atoms with Crippen molar-refractivity contribution in [3.63, 3.8) is 0 Å². The summed E-state index contributed by atoms with van der Waals surface area (Å²) in [6, 6.07) is 4.96. The zero-order valence-corrected chi connectivity index (χ0v) is 13.6. The predicted molar refractivity (Wildman–Crippen MR) is 79.3 cm³/mol. The second-order valence-corrected chi connectivity index (χ2v) is 8.18. The lowest BCUT2D eigenvalue weighted by atomic mass is 10.0. The minimum absolute atomic E-state index is 0.289. The van der Waals surface area contributed by atoms with Crippen LogP contribution in [0.5, 0.6) is 5.75 Å². The van der Waals surface area contributed by atoms with E-state index < -0.39 is 10.0 Å². The van der Waals surface area contributed by atoms with E-state index in [0.717, 1.165) is 13.1 Å². The summed E-state index contributed by atoms with van der Waals surface area (Å²) in [4.78, 5) is 0.289. The lowest BCUT2D eigenvalue weighted by Gasteiger charge is -2.18. The number of halogens is 1. The zero-order valence-electron chi connectivity index (χ0n) is 11.2. The second-order valence-electron chi connectivity index (χ2n) is 5.33. The van der Waals surface area contributed by atoms with E-state index in [2.05, 4.69) is 21.2 Å². The maximum Gasteiger partial charge on any atom is 0.243 e. The smallest absolute Gasteiger partial charge is 0.243 e. The Bertz CT molecular complexity index is 608. The Labute approximate surface area is 127 Å². The molecule has 2 heterocycles. The van der Waals surface area contributed by atoms with Gasteiger partial charge < -0.3 is 10.1 Å².